The molecule has 0 N–H and O–H groups in total. The molecule has 1 aliphatic heterocycles. The summed E-state index contributed by atoms with van der Waals surface area (Å²) in [5.41, 5.74) is 0.556. The zero-order valence-electron chi connectivity index (χ0n) is 15.1. The maximum atomic E-state index is 13.5. The van der Waals surface area contributed by atoms with E-state index in [1.165, 1.54) is 41.4 Å². The van der Waals surface area contributed by atoms with E-state index in [1.807, 2.05) is 0 Å². The number of nitrogens with zero attached hydrogens (tertiary/aromatic N) is 2. The minimum absolute atomic E-state index is 0.0825. The van der Waals surface area contributed by atoms with Crippen LogP contribution in [0.1, 0.15) is 27.7 Å². The van der Waals surface area contributed by atoms with Crippen LogP contribution in [-0.2, 0) is 0 Å². The smallest absolute Gasteiger partial charge is 0.296 e. The molecule has 1 atom stereocenters. The van der Waals surface area contributed by atoms with Gasteiger partial charge in [0.15, 0.2) is 5.43 Å². The number of pyridine rings is 1. The lowest BCUT2D eigenvalue weighted by atomic mass is 9.98. The van der Waals surface area contributed by atoms with Crippen LogP contribution in [-0.4, -0.2) is 10.9 Å². The third kappa shape index (κ3) is 2.88. The maximum Gasteiger partial charge on any atom is 0.296 e. The van der Waals surface area contributed by atoms with Gasteiger partial charge in [0.05, 0.1) is 22.0 Å². The molecule has 1 unspecified atom stereocenters. The van der Waals surface area contributed by atoms with Gasteiger partial charge in [-0.3, -0.25) is 14.5 Å². The minimum Gasteiger partial charge on any atom is -0.450 e. The van der Waals surface area contributed by atoms with Gasteiger partial charge >= 0.3 is 0 Å². The average molecular weight is 441 g/mol. The Kier molecular flexibility index (Phi) is 4.34. The Morgan fingerprint density at radius 2 is 1.70 bits per heavy atom. The molecule has 4 aromatic rings. The molecule has 0 radical (unpaired) electrons. The number of carbonyl (C=O) groups is 1. The summed E-state index contributed by atoms with van der Waals surface area (Å²) < 4.78 is 19.4. The highest BCUT2D eigenvalue weighted by Crippen LogP contribution is 2.40. The normalized spacial score (nSPS) is 15.6. The third-order valence-electron chi connectivity index (χ3n) is 4.98. The van der Waals surface area contributed by atoms with Gasteiger partial charge in [0.1, 0.15) is 17.2 Å². The Morgan fingerprint density at radius 1 is 0.967 bits per heavy atom. The van der Waals surface area contributed by atoms with Crippen molar-refractivity contribution in [2.24, 2.45) is 0 Å². The Labute approximate surface area is 179 Å². The summed E-state index contributed by atoms with van der Waals surface area (Å²) in [5, 5.41) is 1.02. The molecule has 0 saturated carbocycles. The van der Waals surface area contributed by atoms with Crippen molar-refractivity contribution >= 4 is 45.9 Å². The van der Waals surface area contributed by atoms with Crippen LogP contribution >= 0.6 is 23.2 Å². The lowest BCUT2D eigenvalue weighted by Gasteiger charge is -2.24. The van der Waals surface area contributed by atoms with Gasteiger partial charge in [-0.2, -0.15) is 0 Å². The van der Waals surface area contributed by atoms with Crippen LogP contribution in [0.4, 0.5) is 10.2 Å². The number of hydrogen-bond donors (Lipinski definition) is 0. The molecule has 148 valence electrons. The number of rotatable bonds is 2. The van der Waals surface area contributed by atoms with Crippen LogP contribution in [0.3, 0.4) is 0 Å². The predicted molar refractivity (Wildman–Crippen MR) is 112 cm³/mol. The molecule has 2 aromatic heterocycles. The molecule has 30 heavy (non-hydrogen) atoms. The SMILES string of the molecule is O=C1c2oc3ccc(Cl)cc3c(=O)c2C(c2ccc(F)cc2)N1c1ccc(Cl)cn1. The number of halogens is 3. The zero-order valence-corrected chi connectivity index (χ0v) is 16.6. The van der Waals surface area contributed by atoms with Gasteiger partial charge in [-0.1, -0.05) is 35.3 Å². The summed E-state index contributed by atoms with van der Waals surface area (Å²) in [5.74, 6) is -0.757. The van der Waals surface area contributed by atoms with Crippen molar-refractivity contribution in [2.75, 3.05) is 4.90 Å². The molecule has 2 aromatic carbocycles. The summed E-state index contributed by atoms with van der Waals surface area (Å²) in [6, 6.07) is 12.5. The van der Waals surface area contributed by atoms with Gasteiger partial charge in [0, 0.05) is 11.2 Å². The van der Waals surface area contributed by atoms with Gasteiger partial charge in [-0.05, 0) is 48.0 Å². The van der Waals surface area contributed by atoms with Crippen LogP contribution in [0.15, 0.2) is 70.0 Å². The molecular formula is C22H11Cl2FN2O3. The highest BCUT2D eigenvalue weighted by Gasteiger charge is 2.44. The number of amides is 1. The second-order valence-corrected chi connectivity index (χ2v) is 7.65. The van der Waals surface area contributed by atoms with E-state index in [9.17, 15) is 14.0 Å². The van der Waals surface area contributed by atoms with E-state index in [1.54, 1.807) is 24.3 Å². The first-order valence-electron chi connectivity index (χ1n) is 8.91. The summed E-state index contributed by atoms with van der Waals surface area (Å²) in [4.78, 5) is 32.3. The van der Waals surface area contributed by atoms with Crippen LogP contribution < -0.4 is 10.3 Å². The molecule has 1 amide bonds. The first kappa shape index (κ1) is 18.8. The van der Waals surface area contributed by atoms with E-state index in [0.717, 1.165) is 0 Å². The fourth-order valence-electron chi connectivity index (χ4n) is 3.65. The van der Waals surface area contributed by atoms with Crippen molar-refractivity contribution in [3.63, 3.8) is 0 Å². The third-order valence-corrected chi connectivity index (χ3v) is 5.44. The summed E-state index contributed by atoms with van der Waals surface area (Å²) in [6.45, 7) is 0. The molecular weight excluding hydrogens is 430 g/mol. The summed E-state index contributed by atoms with van der Waals surface area (Å²) in [7, 11) is 0. The van der Waals surface area contributed by atoms with E-state index in [2.05, 4.69) is 4.98 Å². The molecule has 0 spiro atoms. The molecule has 0 fully saturated rings. The topological polar surface area (TPSA) is 63.4 Å². The van der Waals surface area contributed by atoms with E-state index in [-0.39, 0.29) is 33.5 Å². The van der Waals surface area contributed by atoms with Crippen molar-refractivity contribution in [3.8, 4) is 0 Å². The molecule has 1 aliphatic rings. The van der Waals surface area contributed by atoms with Crippen molar-refractivity contribution in [3.05, 3.63) is 104 Å². The highest BCUT2D eigenvalue weighted by molar-refractivity contribution is 6.31. The van der Waals surface area contributed by atoms with E-state index < -0.39 is 17.8 Å². The number of anilines is 1. The predicted octanol–water partition coefficient (Wildman–Crippen LogP) is 5.38. The standard InChI is InChI=1S/C22H11Cl2FN2O3/c23-12-3-7-16-15(9-12)20(28)18-19(11-1-5-14(25)6-2-11)27(22(29)21(18)30-16)17-8-4-13(24)10-26-17/h1-10,19H. The number of fused-ring (bicyclic) bond motifs is 2. The molecule has 0 bridgehead atoms. The fraction of sp³-hybridized carbons (Fsp3) is 0.0455. The fourth-order valence-corrected chi connectivity index (χ4v) is 3.94. The Balaban J connectivity index is 1.81. The van der Waals surface area contributed by atoms with Gasteiger partial charge in [-0.25, -0.2) is 9.37 Å². The zero-order chi connectivity index (χ0) is 21.0. The Hall–Kier alpha value is -3.22. The van der Waals surface area contributed by atoms with Crippen LogP contribution in [0.5, 0.6) is 0 Å². The first-order chi connectivity index (χ1) is 14.4. The van der Waals surface area contributed by atoms with E-state index in [4.69, 9.17) is 27.6 Å². The molecule has 5 nitrogen and oxygen atoms in total. The number of carbonyl (C=O) groups excluding carboxylic acids is 1. The van der Waals surface area contributed by atoms with Gasteiger partial charge in [0.25, 0.3) is 5.91 Å². The largest absolute Gasteiger partial charge is 0.450 e. The molecule has 5 rings (SSSR count). The second kappa shape index (κ2) is 6.93. The van der Waals surface area contributed by atoms with E-state index >= 15 is 0 Å². The minimum atomic E-state index is -0.846. The summed E-state index contributed by atoms with van der Waals surface area (Å²) >= 11 is 12.0. The van der Waals surface area contributed by atoms with Gasteiger partial charge in [0.2, 0.25) is 5.76 Å². The van der Waals surface area contributed by atoms with Gasteiger partial charge in [-0.15, -0.1) is 0 Å². The van der Waals surface area contributed by atoms with Gasteiger partial charge < -0.3 is 4.42 Å². The Bertz CT molecular complexity index is 1370. The summed E-state index contributed by atoms with van der Waals surface area (Å²) in [6.07, 6.45) is 1.40. The molecule has 0 saturated heterocycles. The van der Waals surface area contributed by atoms with Crippen molar-refractivity contribution in [1.82, 2.24) is 4.98 Å². The average Bonchev–Trinajstić information content (AvgIpc) is 3.03. The lowest BCUT2D eigenvalue weighted by Crippen LogP contribution is -2.30. The van der Waals surface area contributed by atoms with E-state index in [0.29, 0.717) is 15.6 Å². The molecule has 0 aliphatic carbocycles. The second-order valence-electron chi connectivity index (χ2n) is 6.78. The quantitative estimate of drug-likeness (QED) is 0.419. The lowest BCUT2D eigenvalue weighted by molar-refractivity contribution is 0.0970. The first-order valence-corrected chi connectivity index (χ1v) is 9.66. The van der Waals surface area contributed by atoms with Crippen molar-refractivity contribution in [2.45, 2.75) is 6.04 Å². The van der Waals surface area contributed by atoms with Crippen LogP contribution in [0, 0.1) is 5.82 Å². The molecule has 3 heterocycles. The number of benzene rings is 2. The van der Waals surface area contributed by atoms with Crippen LogP contribution in [0.25, 0.3) is 11.0 Å². The number of hydrogen-bond acceptors (Lipinski definition) is 4. The molecule has 8 heteroatoms. The van der Waals surface area contributed by atoms with Crippen LogP contribution in [0.2, 0.25) is 10.0 Å². The number of aromatic nitrogens is 1. The highest BCUT2D eigenvalue weighted by atomic mass is 35.5. The van der Waals surface area contributed by atoms with Crippen molar-refractivity contribution in [1.29, 1.82) is 0 Å². The monoisotopic (exact) mass is 440 g/mol. The van der Waals surface area contributed by atoms with Crippen molar-refractivity contribution < 1.29 is 13.6 Å². The Morgan fingerprint density at radius 3 is 2.40 bits per heavy atom. The maximum absolute atomic E-state index is 13.5.